The SMILES string of the molecule is CCN1C(=O)CC[C@@](F)(N2Cc3c(csc3N)C2=O)C1=O. The van der Waals surface area contributed by atoms with Gasteiger partial charge in [0.25, 0.3) is 17.6 Å². The van der Waals surface area contributed by atoms with Gasteiger partial charge in [-0.1, -0.05) is 0 Å². The Kier molecular flexibility index (Phi) is 3.01. The van der Waals surface area contributed by atoms with E-state index in [9.17, 15) is 14.4 Å². The summed E-state index contributed by atoms with van der Waals surface area (Å²) in [4.78, 5) is 38.0. The number of hydrogen-bond donors (Lipinski definition) is 1. The highest BCUT2D eigenvalue weighted by atomic mass is 32.1. The molecule has 3 heterocycles. The van der Waals surface area contributed by atoms with Crippen molar-refractivity contribution in [1.82, 2.24) is 9.80 Å². The van der Waals surface area contributed by atoms with Crippen LogP contribution >= 0.6 is 11.3 Å². The van der Waals surface area contributed by atoms with Crippen molar-refractivity contribution in [2.45, 2.75) is 32.1 Å². The Morgan fingerprint density at radius 2 is 2.14 bits per heavy atom. The number of hydrogen-bond acceptors (Lipinski definition) is 5. The minimum Gasteiger partial charge on any atom is -0.390 e. The van der Waals surface area contributed by atoms with Crippen molar-refractivity contribution < 1.29 is 18.8 Å². The zero-order valence-corrected chi connectivity index (χ0v) is 12.2. The number of carbonyl (C=O) groups is 3. The molecule has 0 aliphatic carbocycles. The van der Waals surface area contributed by atoms with Crippen LogP contribution in [0.1, 0.15) is 35.7 Å². The molecule has 0 bridgehead atoms. The normalized spacial score (nSPS) is 25.7. The number of carbonyl (C=O) groups excluding carboxylic acids is 3. The van der Waals surface area contributed by atoms with E-state index >= 15 is 4.39 Å². The number of nitrogens with two attached hydrogens (primary N) is 1. The molecule has 1 fully saturated rings. The van der Waals surface area contributed by atoms with Crippen LogP contribution in [0, 0.1) is 0 Å². The first-order valence-electron chi connectivity index (χ1n) is 6.61. The Balaban J connectivity index is 1.95. The van der Waals surface area contributed by atoms with Gasteiger partial charge in [-0.3, -0.25) is 24.2 Å². The van der Waals surface area contributed by atoms with Crippen LogP contribution in [0.5, 0.6) is 0 Å². The minimum atomic E-state index is -2.47. The fourth-order valence-corrected chi connectivity index (χ4v) is 3.61. The molecule has 8 heteroatoms. The van der Waals surface area contributed by atoms with Crippen LogP contribution in [0.4, 0.5) is 9.39 Å². The second kappa shape index (κ2) is 4.52. The average molecular weight is 311 g/mol. The Labute approximate surface area is 124 Å². The number of thiophene rings is 1. The first-order valence-corrected chi connectivity index (χ1v) is 7.49. The molecule has 2 N–H and O–H groups in total. The number of imide groups is 1. The van der Waals surface area contributed by atoms with Crippen molar-refractivity contribution in [2.24, 2.45) is 0 Å². The second-order valence-electron chi connectivity index (χ2n) is 5.09. The maximum absolute atomic E-state index is 15.2. The fraction of sp³-hybridized carbons (Fsp3) is 0.462. The van der Waals surface area contributed by atoms with E-state index in [1.54, 1.807) is 12.3 Å². The van der Waals surface area contributed by atoms with Crippen molar-refractivity contribution in [2.75, 3.05) is 12.3 Å². The van der Waals surface area contributed by atoms with E-state index in [-0.39, 0.29) is 25.9 Å². The number of anilines is 1. The van der Waals surface area contributed by atoms with Crippen LogP contribution in [0.3, 0.4) is 0 Å². The van der Waals surface area contributed by atoms with Crippen molar-refractivity contribution in [3.63, 3.8) is 0 Å². The lowest BCUT2D eigenvalue weighted by Crippen LogP contribution is -2.61. The summed E-state index contributed by atoms with van der Waals surface area (Å²) in [5.74, 6) is -4.37. The number of rotatable bonds is 2. The number of nitrogens with zero attached hydrogens (tertiary/aromatic N) is 2. The molecule has 0 radical (unpaired) electrons. The highest BCUT2D eigenvalue weighted by molar-refractivity contribution is 7.14. The van der Waals surface area contributed by atoms with Crippen LogP contribution in [-0.4, -0.2) is 39.9 Å². The monoisotopic (exact) mass is 311 g/mol. The number of piperidine rings is 1. The molecule has 1 saturated heterocycles. The molecule has 3 rings (SSSR count). The van der Waals surface area contributed by atoms with Gasteiger partial charge in [0.05, 0.1) is 17.1 Å². The maximum Gasteiger partial charge on any atom is 0.288 e. The third-order valence-corrected chi connectivity index (χ3v) is 4.86. The molecule has 0 saturated carbocycles. The Morgan fingerprint density at radius 1 is 1.43 bits per heavy atom. The predicted octanol–water partition coefficient (Wildman–Crippen LogP) is 1.12. The number of likely N-dealkylation sites (tertiary alicyclic amines) is 1. The molecule has 6 nitrogen and oxygen atoms in total. The van der Waals surface area contributed by atoms with E-state index in [0.717, 1.165) is 9.80 Å². The van der Waals surface area contributed by atoms with Crippen LogP contribution < -0.4 is 5.73 Å². The maximum atomic E-state index is 15.2. The van der Waals surface area contributed by atoms with Gasteiger partial charge in [0.1, 0.15) is 0 Å². The van der Waals surface area contributed by atoms with Crippen LogP contribution in [-0.2, 0) is 16.1 Å². The third-order valence-electron chi connectivity index (χ3n) is 4.01. The molecule has 1 aromatic heterocycles. The smallest absolute Gasteiger partial charge is 0.288 e. The number of halogens is 1. The summed E-state index contributed by atoms with van der Waals surface area (Å²) in [5.41, 5.74) is 6.68. The van der Waals surface area contributed by atoms with Crippen molar-refractivity contribution in [3.8, 4) is 0 Å². The summed E-state index contributed by atoms with van der Waals surface area (Å²) in [5, 5.41) is 2.03. The van der Waals surface area contributed by atoms with Gasteiger partial charge in [0.2, 0.25) is 5.91 Å². The average Bonchev–Trinajstić information content (AvgIpc) is 2.97. The molecule has 112 valence electrons. The van der Waals surface area contributed by atoms with Gasteiger partial charge in [-0.15, -0.1) is 11.3 Å². The van der Waals surface area contributed by atoms with Crippen molar-refractivity contribution in [3.05, 3.63) is 16.5 Å². The second-order valence-corrected chi connectivity index (χ2v) is 6.00. The zero-order chi connectivity index (χ0) is 15.4. The van der Waals surface area contributed by atoms with Crippen molar-refractivity contribution in [1.29, 1.82) is 0 Å². The number of alkyl halides is 1. The van der Waals surface area contributed by atoms with Gasteiger partial charge < -0.3 is 5.73 Å². The summed E-state index contributed by atoms with van der Waals surface area (Å²) in [7, 11) is 0. The topological polar surface area (TPSA) is 83.7 Å². The zero-order valence-electron chi connectivity index (χ0n) is 11.4. The van der Waals surface area contributed by atoms with Gasteiger partial charge in [0.15, 0.2) is 0 Å². The van der Waals surface area contributed by atoms with Crippen LogP contribution in [0.2, 0.25) is 0 Å². The third kappa shape index (κ3) is 1.78. The summed E-state index contributed by atoms with van der Waals surface area (Å²) >= 11 is 1.22. The van der Waals surface area contributed by atoms with Gasteiger partial charge in [-0.2, -0.15) is 0 Å². The molecular formula is C13H14FN3O3S. The van der Waals surface area contributed by atoms with Gasteiger partial charge in [-0.25, -0.2) is 4.39 Å². The molecule has 1 aromatic rings. The van der Waals surface area contributed by atoms with E-state index in [1.807, 2.05) is 0 Å². The number of likely N-dealkylation sites (N-methyl/N-ethyl adjacent to an activating group) is 1. The lowest BCUT2D eigenvalue weighted by atomic mass is 9.99. The first kappa shape index (κ1) is 14.0. The Bertz CT molecular complexity index is 659. The number of amides is 3. The highest BCUT2D eigenvalue weighted by Gasteiger charge is 2.55. The van der Waals surface area contributed by atoms with E-state index in [0.29, 0.717) is 16.1 Å². The van der Waals surface area contributed by atoms with Gasteiger partial charge in [0, 0.05) is 30.3 Å². The van der Waals surface area contributed by atoms with Gasteiger partial charge >= 0.3 is 0 Å². The van der Waals surface area contributed by atoms with Crippen molar-refractivity contribution >= 4 is 34.1 Å². The minimum absolute atomic E-state index is 0.0303. The van der Waals surface area contributed by atoms with E-state index in [2.05, 4.69) is 0 Å². The van der Waals surface area contributed by atoms with Gasteiger partial charge in [-0.05, 0) is 6.92 Å². The summed E-state index contributed by atoms with van der Waals surface area (Å²) in [6.45, 7) is 1.66. The summed E-state index contributed by atoms with van der Waals surface area (Å²) < 4.78 is 15.2. The number of fused-ring (bicyclic) bond motifs is 1. The Hall–Kier alpha value is -1.96. The Morgan fingerprint density at radius 3 is 2.76 bits per heavy atom. The molecular weight excluding hydrogens is 297 g/mol. The van der Waals surface area contributed by atoms with E-state index in [1.165, 1.54) is 11.3 Å². The molecule has 0 aromatic carbocycles. The molecule has 1 atom stereocenters. The van der Waals surface area contributed by atoms with Crippen LogP contribution in [0.25, 0.3) is 0 Å². The molecule has 2 aliphatic heterocycles. The lowest BCUT2D eigenvalue weighted by molar-refractivity contribution is -0.169. The predicted molar refractivity (Wildman–Crippen MR) is 74.1 cm³/mol. The molecule has 3 amide bonds. The lowest BCUT2D eigenvalue weighted by Gasteiger charge is -2.39. The van der Waals surface area contributed by atoms with Crippen LogP contribution in [0.15, 0.2) is 5.38 Å². The van der Waals surface area contributed by atoms with E-state index in [4.69, 9.17) is 5.73 Å². The number of nitrogen functional groups attached to an aromatic ring is 1. The molecule has 0 unspecified atom stereocenters. The quantitative estimate of drug-likeness (QED) is 0.655. The summed E-state index contributed by atoms with van der Waals surface area (Å²) in [6, 6.07) is 0. The standard InChI is InChI=1S/C13H14FN3O3S/c1-2-16-9(18)3-4-13(14,12(16)20)17-5-7-8(11(17)19)6-21-10(7)15/h6H,2-5,15H2,1H3/t13-/m1/s1. The van der Waals surface area contributed by atoms with E-state index < -0.39 is 23.5 Å². The summed E-state index contributed by atoms with van der Waals surface area (Å²) in [6.07, 6.45) is -0.400. The highest BCUT2D eigenvalue weighted by Crippen LogP contribution is 2.40. The fourth-order valence-electron chi connectivity index (χ4n) is 2.81. The first-order chi connectivity index (χ1) is 9.90. The molecule has 2 aliphatic rings. The molecule has 21 heavy (non-hydrogen) atoms. The largest absolute Gasteiger partial charge is 0.390 e. The molecule has 0 spiro atoms.